The Morgan fingerprint density at radius 3 is 2.65 bits per heavy atom. The topological polar surface area (TPSA) is 119 Å². The van der Waals surface area contributed by atoms with Crippen molar-refractivity contribution in [1.82, 2.24) is 10.2 Å². The van der Waals surface area contributed by atoms with Crippen LogP contribution in [-0.4, -0.2) is 63.0 Å². The van der Waals surface area contributed by atoms with Crippen LogP contribution in [0, 0.1) is 5.92 Å². The van der Waals surface area contributed by atoms with Crippen LogP contribution < -0.4 is 15.8 Å². The van der Waals surface area contributed by atoms with Gasteiger partial charge in [-0.1, -0.05) is 24.1 Å². The zero-order chi connectivity index (χ0) is 22.4. The second kappa shape index (κ2) is 10.7. The normalized spacial score (nSPS) is 17.7. The second-order valence-electron chi connectivity index (χ2n) is 8.33. The minimum Gasteiger partial charge on any atom is -0.492 e. The molecule has 0 spiro atoms. The van der Waals surface area contributed by atoms with Crippen molar-refractivity contribution in [2.24, 2.45) is 11.7 Å². The fourth-order valence-electron chi connectivity index (χ4n) is 3.53. The number of benzene rings is 1. The van der Waals surface area contributed by atoms with Gasteiger partial charge in [-0.25, -0.2) is 13.2 Å². The number of nitrogens with zero attached hydrogens (tertiary/aromatic N) is 1. The van der Waals surface area contributed by atoms with Crippen LogP contribution >= 0.6 is 11.6 Å². The van der Waals surface area contributed by atoms with E-state index in [-0.39, 0.29) is 42.5 Å². The maximum Gasteiger partial charge on any atom is 0.324 e. The SMILES string of the molecule is NC[C@@H](CS(=O)(=O)CCCCCN1CC(=O)NC1=O)c1ccc(Cl)c(OCC2CC2)c1. The van der Waals surface area contributed by atoms with E-state index in [1.54, 1.807) is 12.1 Å². The van der Waals surface area contributed by atoms with E-state index in [9.17, 15) is 18.0 Å². The van der Waals surface area contributed by atoms with Crippen molar-refractivity contribution >= 4 is 33.4 Å². The highest BCUT2D eigenvalue weighted by molar-refractivity contribution is 7.91. The number of urea groups is 1. The summed E-state index contributed by atoms with van der Waals surface area (Å²) in [4.78, 5) is 24.1. The summed E-state index contributed by atoms with van der Waals surface area (Å²) in [5.74, 6) is 0.564. The molecule has 1 saturated heterocycles. The quantitative estimate of drug-likeness (QED) is 0.336. The first-order valence-corrected chi connectivity index (χ1v) is 12.9. The summed E-state index contributed by atoms with van der Waals surface area (Å²) in [5.41, 5.74) is 6.70. The molecule has 172 valence electrons. The number of nitrogens with one attached hydrogen (secondary N) is 1. The van der Waals surface area contributed by atoms with Gasteiger partial charge in [-0.3, -0.25) is 10.1 Å². The molecule has 10 heteroatoms. The molecule has 0 radical (unpaired) electrons. The molecule has 1 aliphatic carbocycles. The van der Waals surface area contributed by atoms with Crippen molar-refractivity contribution in [2.75, 3.05) is 37.7 Å². The Morgan fingerprint density at radius 1 is 1.23 bits per heavy atom. The summed E-state index contributed by atoms with van der Waals surface area (Å²) >= 11 is 6.22. The van der Waals surface area contributed by atoms with Crippen LogP contribution in [0.15, 0.2) is 18.2 Å². The molecule has 1 heterocycles. The van der Waals surface area contributed by atoms with Gasteiger partial charge in [-0.15, -0.1) is 0 Å². The van der Waals surface area contributed by atoms with Gasteiger partial charge in [-0.05, 0) is 49.3 Å². The van der Waals surface area contributed by atoms with Crippen LogP contribution in [0.4, 0.5) is 4.79 Å². The Hall–Kier alpha value is -1.84. The lowest BCUT2D eigenvalue weighted by Gasteiger charge is -2.18. The van der Waals surface area contributed by atoms with Gasteiger partial charge in [-0.2, -0.15) is 0 Å². The van der Waals surface area contributed by atoms with Crippen LogP contribution in [-0.2, 0) is 14.6 Å². The number of rotatable bonds is 13. The van der Waals surface area contributed by atoms with Gasteiger partial charge in [0.05, 0.1) is 23.1 Å². The van der Waals surface area contributed by atoms with Crippen molar-refractivity contribution in [1.29, 1.82) is 0 Å². The fraction of sp³-hybridized carbons (Fsp3) is 0.619. The number of sulfone groups is 1. The predicted octanol–water partition coefficient (Wildman–Crippen LogP) is 2.31. The van der Waals surface area contributed by atoms with Crippen molar-refractivity contribution in [3.63, 3.8) is 0 Å². The van der Waals surface area contributed by atoms with Gasteiger partial charge in [0.25, 0.3) is 0 Å². The number of imide groups is 1. The van der Waals surface area contributed by atoms with Crippen LogP contribution in [0.1, 0.15) is 43.6 Å². The fourth-order valence-corrected chi connectivity index (χ4v) is 5.46. The van der Waals surface area contributed by atoms with Crippen molar-refractivity contribution in [3.8, 4) is 5.75 Å². The Balaban J connectivity index is 1.46. The first-order valence-electron chi connectivity index (χ1n) is 10.7. The maximum absolute atomic E-state index is 12.6. The van der Waals surface area contributed by atoms with E-state index in [2.05, 4.69) is 5.32 Å². The molecule has 3 amide bonds. The van der Waals surface area contributed by atoms with E-state index in [1.165, 1.54) is 17.7 Å². The summed E-state index contributed by atoms with van der Waals surface area (Å²) < 4.78 is 31.1. The first kappa shape index (κ1) is 23.8. The van der Waals surface area contributed by atoms with Crippen LogP contribution in [0.3, 0.4) is 0 Å². The molecule has 1 saturated carbocycles. The standard InChI is InChI=1S/C21H30ClN3O5S/c22-18-7-6-16(10-19(18)30-13-15-4-5-15)17(11-23)14-31(28,29)9-3-1-2-8-25-12-20(26)24-21(25)27/h6-7,10,15,17H,1-5,8-9,11-14,23H2,(H,24,26,27)/t17-/m0/s1. The van der Waals surface area contributed by atoms with Gasteiger partial charge >= 0.3 is 6.03 Å². The minimum atomic E-state index is -3.30. The molecule has 1 aromatic carbocycles. The summed E-state index contributed by atoms with van der Waals surface area (Å²) in [6, 6.07) is 4.96. The number of halogens is 1. The Labute approximate surface area is 188 Å². The molecule has 0 aromatic heterocycles. The molecule has 2 aliphatic rings. The minimum absolute atomic E-state index is 0.0315. The van der Waals surface area contributed by atoms with E-state index < -0.39 is 9.84 Å². The van der Waals surface area contributed by atoms with Crippen molar-refractivity contribution in [2.45, 2.75) is 38.0 Å². The average molecular weight is 472 g/mol. The Kier molecular flexibility index (Phi) is 8.18. The smallest absolute Gasteiger partial charge is 0.324 e. The van der Waals surface area contributed by atoms with Gasteiger partial charge < -0.3 is 15.4 Å². The number of ether oxygens (including phenoxy) is 1. The van der Waals surface area contributed by atoms with Crippen LogP contribution in [0.25, 0.3) is 0 Å². The Morgan fingerprint density at radius 2 is 2.00 bits per heavy atom. The van der Waals surface area contributed by atoms with Gasteiger partial charge in [0.1, 0.15) is 12.3 Å². The average Bonchev–Trinajstić information content (AvgIpc) is 3.49. The molecular weight excluding hydrogens is 442 g/mol. The van der Waals surface area contributed by atoms with E-state index >= 15 is 0 Å². The molecule has 1 aliphatic heterocycles. The molecule has 31 heavy (non-hydrogen) atoms. The number of unbranched alkanes of at least 4 members (excludes halogenated alkanes) is 2. The van der Waals surface area contributed by atoms with E-state index in [0.29, 0.717) is 49.1 Å². The third-order valence-electron chi connectivity index (χ3n) is 5.59. The molecule has 8 nitrogen and oxygen atoms in total. The zero-order valence-corrected chi connectivity index (χ0v) is 19.1. The van der Waals surface area contributed by atoms with Gasteiger partial charge in [0.15, 0.2) is 9.84 Å². The lowest BCUT2D eigenvalue weighted by molar-refractivity contribution is -0.118. The highest BCUT2D eigenvalue weighted by Crippen LogP contribution is 2.33. The Bertz CT molecular complexity index is 904. The van der Waals surface area contributed by atoms with E-state index in [4.69, 9.17) is 22.1 Å². The lowest BCUT2D eigenvalue weighted by Crippen LogP contribution is -2.29. The summed E-state index contributed by atoms with van der Waals surface area (Å²) in [6.07, 6.45) is 4.15. The van der Waals surface area contributed by atoms with Crippen LogP contribution in [0.2, 0.25) is 5.02 Å². The van der Waals surface area contributed by atoms with Crippen molar-refractivity contribution in [3.05, 3.63) is 28.8 Å². The summed E-state index contributed by atoms with van der Waals surface area (Å²) in [6.45, 7) is 1.35. The second-order valence-corrected chi connectivity index (χ2v) is 11.0. The third-order valence-corrected chi connectivity index (χ3v) is 7.72. The number of carbonyl (C=O) groups excluding carboxylic acids is 2. The molecule has 2 fully saturated rings. The number of hydrogen-bond acceptors (Lipinski definition) is 6. The van der Waals surface area contributed by atoms with E-state index in [0.717, 1.165) is 5.56 Å². The van der Waals surface area contributed by atoms with Gasteiger partial charge in [0, 0.05) is 19.0 Å². The number of carbonyl (C=O) groups is 2. The number of amides is 3. The molecule has 0 unspecified atom stereocenters. The van der Waals surface area contributed by atoms with Crippen LogP contribution in [0.5, 0.6) is 5.75 Å². The first-order chi connectivity index (χ1) is 14.8. The van der Waals surface area contributed by atoms with Gasteiger partial charge in [0.2, 0.25) is 5.91 Å². The summed E-state index contributed by atoms with van der Waals surface area (Å²) in [7, 11) is -3.30. The number of nitrogens with two attached hydrogens (primary N) is 1. The molecule has 3 N–H and O–H groups in total. The van der Waals surface area contributed by atoms with E-state index in [1.807, 2.05) is 6.07 Å². The lowest BCUT2D eigenvalue weighted by atomic mass is 10.0. The molecular formula is C21H30ClN3O5S. The monoisotopic (exact) mass is 471 g/mol. The highest BCUT2D eigenvalue weighted by atomic mass is 35.5. The predicted molar refractivity (Wildman–Crippen MR) is 119 cm³/mol. The number of hydrogen-bond donors (Lipinski definition) is 2. The van der Waals surface area contributed by atoms with Crippen molar-refractivity contribution < 1.29 is 22.7 Å². The zero-order valence-electron chi connectivity index (χ0n) is 17.5. The molecule has 1 aromatic rings. The maximum atomic E-state index is 12.6. The highest BCUT2D eigenvalue weighted by Gasteiger charge is 2.26. The molecule has 3 rings (SSSR count). The summed E-state index contributed by atoms with van der Waals surface area (Å²) in [5, 5.41) is 2.73. The molecule has 1 atom stereocenters. The molecule has 0 bridgehead atoms. The third kappa shape index (κ3) is 7.36. The largest absolute Gasteiger partial charge is 0.492 e.